The molecule has 0 aliphatic rings. The van der Waals surface area contributed by atoms with Gasteiger partial charge in [0.25, 0.3) is 11.5 Å². The molecule has 6 nitrogen and oxygen atoms in total. The van der Waals surface area contributed by atoms with Crippen molar-refractivity contribution >= 4 is 34.2 Å². The van der Waals surface area contributed by atoms with Crippen LogP contribution in [0.3, 0.4) is 0 Å². The van der Waals surface area contributed by atoms with Crippen LogP contribution >= 0.6 is 11.6 Å². The fourth-order valence-corrected chi connectivity index (χ4v) is 2.88. The Morgan fingerprint density at radius 2 is 2.00 bits per heavy atom. The number of carbonyl (C=O) groups excluding carboxylic acids is 1. The lowest BCUT2D eigenvalue weighted by atomic mass is 10.1. The molecular formula is C19H18ClN3O3. The third-order valence-corrected chi connectivity index (χ3v) is 4.11. The van der Waals surface area contributed by atoms with E-state index in [4.69, 9.17) is 11.6 Å². The van der Waals surface area contributed by atoms with Crippen molar-refractivity contribution in [1.29, 1.82) is 0 Å². The Bertz CT molecular complexity index is 1030. The Hall–Kier alpha value is -2.86. The predicted octanol–water partition coefficient (Wildman–Crippen LogP) is 3.66. The van der Waals surface area contributed by atoms with Crippen molar-refractivity contribution in [2.24, 2.45) is 5.92 Å². The summed E-state index contributed by atoms with van der Waals surface area (Å²) >= 11 is 5.78. The largest absolute Gasteiger partial charge is 0.506 e. The van der Waals surface area contributed by atoms with E-state index in [9.17, 15) is 14.7 Å². The van der Waals surface area contributed by atoms with Crippen molar-refractivity contribution in [2.45, 2.75) is 20.4 Å². The van der Waals surface area contributed by atoms with Crippen molar-refractivity contribution < 1.29 is 9.90 Å². The number of aromatic hydroxyl groups is 1. The number of hydrogen-bond acceptors (Lipinski definition) is 4. The summed E-state index contributed by atoms with van der Waals surface area (Å²) in [5.74, 6) is -0.626. The van der Waals surface area contributed by atoms with Crippen LogP contribution in [0.2, 0.25) is 5.02 Å². The maximum Gasteiger partial charge on any atom is 0.267 e. The van der Waals surface area contributed by atoms with Gasteiger partial charge in [0.15, 0.2) is 0 Å². The Balaban J connectivity index is 2.14. The Kier molecular flexibility index (Phi) is 4.95. The first-order valence-electron chi connectivity index (χ1n) is 8.16. The molecule has 0 fully saturated rings. The number of hydrogen-bond donors (Lipinski definition) is 2. The zero-order valence-corrected chi connectivity index (χ0v) is 15.1. The van der Waals surface area contributed by atoms with Gasteiger partial charge >= 0.3 is 0 Å². The summed E-state index contributed by atoms with van der Waals surface area (Å²) < 4.78 is 1.52. The number of pyridine rings is 2. The Morgan fingerprint density at radius 3 is 2.65 bits per heavy atom. The third kappa shape index (κ3) is 3.41. The minimum Gasteiger partial charge on any atom is -0.506 e. The van der Waals surface area contributed by atoms with Gasteiger partial charge in [0.2, 0.25) is 0 Å². The normalized spacial score (nSPS) is 11.1. The van der Waals surface area contributed by atoms with Crippen molar-refractivity contribution in [3.05, 3.63) is 63.5 Å². The van der Waals surface area contributed by atoms with Crippen molar-refractivity contribution in [3.63, 3.8) is 0 Å². The fraction of sp³-hybridized carbons (Fsp3) is 0.211. The molecule has 0 saturated heterocycles. The lowest BCUT2D eigenvalue weighted by Gasteiger charge is -2.16. The summed E-state index contributed by atoms with van der Waals surface area (Å²) in [5, 5.41) is 14.0. The van der Waals surface area contributed by atoms with Crippen LogP contribution in [0.5, 0.6) is 5.75 Å². The highest BCUT2D eigenvalue weighted by molar-refractivity contribution is 6.30. The van der Waals surface area contributed by atoms with E-state index >= 15 is 0 Å². The van der Waals surface area contributed by atoms with Gasteiger partial charge in [0.1, 0.15) is 17.1 Å². The quantitative estimate of drug-likeness (QED) is 0.733. The van der Waals surface area contributed by atoms with E-state index in [0.717, 1.165) is 0 Å². The lowest BCUT2D eigenvalue weighted by molar-refractivity contribution is 0.102. The van der Waals surface area contributed by atoms with Gasteiger partial charge < -0.3 is 15.0 Å². The minimum atomic E-state index is -0.717. The topological polar surface area (TPSA) is 84.2 Å². The van der Waals surface area contributed by atoms with E-state index < -0.39 is 11.5 Å². The summed E-state index contributed by atoms with van der Waals surface area (Å²) in [6, 6.07) is 10.1. The van der Waals surface area contributed by atoms with Gasteiger partial charge in [-0.05, 0) is 30.2 Å². The van der Waals surface area contributed by atoms with Crippen molar-refractivity contribution in [3.8, 4) is 5.75 Å². The van der Waals surface area contributed by atoms with Gasteiger partial charge in [0, 0.05) is 18.1 Å². The number of rotatable bonds is 4. The van der Waals surface area contributed by atoms with Crippen molar-refractivity contribution in [2.75, 3.05) is 5.32 Å². The van der Waals surface area contributed by atoms with Gasteiger partial charge in [0.05, 0.1) is 10.5 Å². The molecular weight excluding hydrogens is 354 g/mol. The first kappa shape index (κ1) is 17.9. The number of para-hydroxylation sites is 1. The Labute approximate surface area is 155 Å². The Morgan fingerprint density at radius 1 is 1.27 bits per heavy atom. The molecule has 1 amide bonds. The second kappa shape index (κ2) is 7.17. The minimum absolute atomic E-state index is 0.189. The number of anilines is 1. The summed E-state index contributed by atoms with van der Waals surface area (Å²) in [6.07, 6.45) is 1.38. The van der Waals surface area contributed by atoms with Gasteiger partial charge in [-0.2, -0.15) is 0 Å². The summed E-state index contributed by atoms with van der Waals surface area (Å²) in [6.45, 7) is 4.38. The molecule has 3 rings (SSSR count). The molecule has 0 bridgehead atoms. The molecule has 134 valence electrons. The van der Waals surface area contributed by atoms with Crippen LogP contribution in [0.15, 0.2) is 47.4 Å². The van der Waals surface area contributed by atoms with Crippen LogP contribution in [-0.2, 0) is 6.54 Å². The summed E-state index contributed by atoms with van der Waals surface area (Å²) in [4.78, 5) is 29.6. The first-order valence-corrected chi connectivity index (χ1v) is 8.53. The molecule has 7 heteroatoms. The molecule has 26 heavy (non-hydrogen) atoms. The molecule has 3 aromatic rings. The SMILES string of the molecule is CC(C)Cn1c(=O)c(C(=O)Nc2ccc(Cl)cn2)c(O)c2ccccc21. The number of carbonyl (C=O) groups is 1. The van der Waals surface area contributed by atoms with E-state index in [-0.39, 0.29) is 23.0 Å². The highest BCUT2D eigenvalue weighted by atomic mass is 35.5. The van der Waals surface area contributed by atoms with E-state index in [1.807, 2.05) is 13.8 Å². The molecule has 1 aromatic carbocycles. The molecule has 0 spiro atoms. The molecule has 2 heterocycles. The monoisotopic (exact) mass is 371 g/mol. The van der Waals surface area contributed by atoms with Gasteiger partial charge in [-0.25, -0.2) is 4.98 Å². The molecule has 0 aliphatic carbocycles. The van der Waals surface area contributed by atoms with Crippen LogP contribution in [0.25, 0.3) is 10.9 Å². The number of nitrogens with zero attached hydrogens (tertiary/aromatic N) is 2. The standard InChI is InChI=1S/C19H18ClN3O3/c1-11(2)10-23-14-6-4-3-5-13(14)17(24)16(19(23)26)18(25)22-15-8-7-12(20)9-21-15/h3-9,11,24H,10H2,1-2H3,(H,21,22,25). The average Bonchev–Trinajstić information content (AvgIpc) is 2.60. The number of amides is 1. The molecule has 0 aliphatic heterocycles. The van der Waals surface area contributed by atoms with Gasteiger partial charge in [-0.15, -0.1) is 0 Å². The maximum absolute atomic E-state index is 12.9. The zero-order chi connectivity index (χ0) is 18.8. The second-order valence-electron chi connectivity index (χ2n) is 6.37. The second-order valence-corrected chi connectivity index (χ2v) is 6.80. The third-order valence-electron chi connectivity index (χ3n) is 3.89. The fourth-order valence-electron chi connectivity index (χ4n) is 2.77. The highest BCUT2D eigenvalue weighted by Crippen LogP contribution is 2.27. The van der Waals surface area contributed by atoms with Crippen LogP contribution in [-0.4, -0.2) is 20.6 Å². The molecule has 2 N–H and O–H groups in total. The highest BCUT2D eigenvalue weighted by Gasteiger charge is 2.22. The number of aromatic nitrogens is 2. The molecule has 2 aromatic heterocycles. The maximum atomic E-state index is 12.9. The smallest absolute Gasteiger partial charge is 0.267 e. The molecule has 0 radical (unpaired) electrons. The van der Waals surface area contributed by atoms with Crippen LogP contribution < -0.4 is 10.9 Å². The van der Waals surface area contributed by atoms with Gasteiger partial charge in [-0.1, -0.05) is 37.6 Å². The summed E-state index contributed by atoms with van der Waals surface area (Å²) in [7, 11) is 0. The van der Waals surface area contributed by atoms with Crippen LogP contribution in [0.1, 0.15) is 24.2 Å². The van der Waals surface area contributed by atoms with E-state index in [2.05, 4.69) is 10.3 Å². The predicted molar refractivity (Wildman–Crippen MR) is 102 cm³/mol. The number of benzene rings is 1. The van der Waals surface area contributed by atoms with Crippen LogP contribution in [0, 0.1) is 5.92 Å². The van der Waals surface area contributed by atoms with E-state index in [1.165, 1.54) is 16.8 Å². The summed E-state index contributed by atoms with van der Waals surface area (Å²) in [5.41, 5.74) is -0.257. The molecule has 0 unspecified atom stereocenters. The number of halogens is 1. The first-order chi connectivity index (χ1) is 12.4. The average molecular weight is 372 g/mol. The van der Waals surface area contributed by atoms with Crippen molar-refractivity contribution in [1.82, 2.24) is 9.55 Å². The molecule has 0 atom stereocenters. The zero-order valence-electron chi connectivity index (χ0n) is 14.4. The number of nitrogens with one attached hydrogen (secondary N) is 1. The lowest BCUT2D eigenvalue weighted by Crippen LogP contribution is -2.31. The van der Waals surface area contributed by atoms with E-state index in [0.29, 0.717) is 22.5 Å². The number of fused-ring (bicyclic) bond motifs is 1. The van der Waals surface area contributed by atoms with Crippen LogP contribution in [0.4, 0.5) is 5.82 Å². The molecule has 0 saturated carbocycles. The van der Waals surface area contributed by atoms with Gasteiger partial charge in [-0.3, -0.25) is 9.59 Å². The van der Waals surface area contributed by atoms with E-state index in [1.54, 1.807) is 30.3 Å².